The summed E-state index contributed by atoms with van der Waals surface area (Å²) in [5, 5.41) is 14.2. The Kier molecular flexibility index (Phi) is 3.21. The summed E-state index contributed by atoms with van der Waals surface area (Å²) in [5.74, 6) is 0.819. The van der Waals surface area contributed by atoms with Crippen LogP contribution in [-0.2, 0) is 0 Å². The Morgan fingerprint density at radius 3 is 3.11 bits per heavy atom. The van der Waals surface area contributed by atoms with Crippen LogP contribution in [0.25, 0.3) is 10.9 Å². The first-order valence-electron chi connectivity index (χ1n) is 6.43. The molecule has 4 nitrogen and oxygen atoms in total. The average Bonchev–Trinajstić information content (AvgIpc) is 3.09. The monoisotopic (exact) mass is 246 g/mol. The van der Waals surface area contributed by atoms with Crippen molar-refractivity contribution in [3.05, 3.63) is 30.5 Å². The van der Waals surface area contributed by atoms with Gasteiger partial charge in [0.15, 0.2) is 0 Å². The van der Waals surface area contributed by atoms with Crippen LogP contribution < -0.4 is 10.1 Å². The van der Waals surface area contributed by atoms with E-state index in [1.165, 1.54) is 12.8 Å². The summed E-state index contributed by atoms with van der Waals surface area (Å²) >= 11 is 0. The molecular weight excluding hydrogens is 228 g/mol. The Balaban J connectivity index is 1.56. The molecule has 1 fully saturated rings. The molecule has 0 radical (unpaired) electrons. The lowest BCUT2D eigenvalue weighted by Gasteiger charge is -2.13. The Morgan fingerprint density at radius 2 is 2.28 bits per heavy atom. The van der Waals surface area contributed by atoms with Gasteiger partial charge in [-0.25, -0.2) is 0 Å². The highest BCUT2D eigenvalue weighted by Crippen LogP contribution is 2.24. The van der Waals surface area contributed by atoms with Crippen LogP contribution in [0.5, 0.6) is 5.75 Å². The number of ether oxygens (including phenoxy) is 1. The van der Waals surface area contributed by atoms with E-state index in [1.54, 1.807) is 0 Å². The second-order valence-electron chi connectivity index (χ2n) is 4.84. The van der Waals surface area contributed by atoms with Gasteiger partial charge in [0.05, 0.1) is 0 Å². The molecule has 0 bridgehead atoms. The first kappa shape index (κ1) is 11.6. The lowest BCUT2D eigenvalue weighted by molar-refractivity contribution is 0.107. The zero-order valence-electron chi connectivity index (χ0n) is 10.2. The highest BCUT2D eigenvalue weighted by Gasteiger charge is 2.21. The van der Waals surface area contributed by atoms with Crippen molar-refractivity contribution in [3.8, 4) is 5.75 Å². The van der Waals surface area contributed by atoms with E-state index >= 15 is 0 Å². The molecular formula is C14H18N2O2. The van der Waals surface area contributed by atoms with E-state index in [2.05, 4.69) is 10.3 Å². The lowest BCUT2D eigenvalue weighted by Crippen LogP contribution is -2.32. The van der Waals surface area contributed by atoms with Gasteiger partial charge in [-0.15, -0.1) is 0 Å². The summed E-state index contributed by atoms with van der Waals surface area (Å²) in [4.78, 5) is 3.14. The van der Waals surface area contributed by atoms with Crippen LogP contribution in [0.4, 0.5) is 0 Å². The Bertz CT molecular complexity index is 519. The van der Waals surface area contributed by atoms with Crippen molar-refractivity contribution in [1.82, 2.24) is 10.3 Å². The molecule has 1 heterocycles. The van der Waals surface area contributed by atoms with E-state index in [0.29, 0.717) is 19.2 Å². The minimum atomic E-state index is -0.459. The summed E-state index contributed by atoms with van der Waals surface area (Å²) in [5.41, 5.74) is 1.05. The molecule has 3 N–H and O–H groups in total. The third kappa shape index (κ3) is 2.66. The van der Waals surface area contributed by atoms with Gasteiger partial charge in [0.2, 0.25) is 0 Å². The van der Waals surface area contributed by atoms with E-state index in [1.807, 2.05) is 30.5 Å². The Labute approximate surface area is 106 Å². The molecule has 3 rings (SSSR count). The summed E-state index contributed by atoms with van der Waals surface area (Å²) in [6.45, 7) is 0.928. The van der Waals surface area contributed by atoms with Crippen LogP contribution in [0.2, 0.25) is 0 Å². The second kappa shape index (κ2) is 5.00. The fourth-order valence-corrected chi connectivity index (χ4v) is 2.02. The molecule has 1 atom stereocenters. The van der Waals surface area contributed by atoms with Gasteiger partial charge >= 0.3 is 0 Å². The number of aromatic nitrogens is 1. The number of fused-ring (bicyclic) bond motifs is 1. The molecule has 0 saturated heterocycles. The number of nitrogens with one attached hydrogen (secondary N) is 2. The van der Waals surface area contributed by atoms with Crippen molar-refractivity contribution >= 4 is 10.9 Å². The summed E-state index contributed by atoms with van der Waals surface area (Å²) in [6, 6.07) is 8.49. The molecule has 1 aromatic heterocycles. The molecule has 2 aromatic rings. The maximum Gasteiger partial charge on any atom is 0.128 e. The van der Waals surface area contributed by atoms with E-state index < -0.39 is 6.10 Å². The predicted molar refractivity (Wildman–Crippen MR) is 70.8 cm³/mol. The van der Waals surface area contributed by atoms with E-state index in [4.69, 9.17) is 4.74 Å². The van der Waals surface area contributed by atoms with Crippen molar-refractivity contribution in [1.29, 1.82) is 0 Å². The zero-order chi connectivity index (χ0) is 12.4. The molecule has 0 aliphatic heterocycles. The topological polar surface area (TPSA) is 57.3 Å². The number of aliphatic hydroxyl groups is 1. The molecule has 1 aliphatic rings. The first-order valence-corrected chi connectivity index (χ1v) is 6.43. The van der Waals surface area contributed by atoms with Crippen molar-refractivity contribution in [3.63, 3.8) is 0 Å². The van der Waals surface area contributed by atoms with Gasteiger partial charge in [0.25, 0.3) is 0 Å². The molecule has 96 valence electrons. The van der Waals surface area contributed by atoms with Crippen molar-refractivity contribution < 1.29 is 9.84 Å². The molecule has 4 heteroatoms. The van der Waals surface area contributed by atoms with E-state index in [-0.39, 0.29) is 0 Å². The SMILES string of the molecule is OC(CNC1CC1)COc1cccc2[nH]ccc12. The lowest BCUT2D eigenvalue weighted by atomic mass is 10.2. The highest BCUT2D eigenvalue weighted by atomic mass is 16.5. The third-order valence-electron chi connectivity index (χ3n) is 3.21. The van der Waals surface area contributed by atoms with Gasteiger partial charge in [-0.1, -0.05) is 6.07 Å². The molecule has 1 aliphatic carbocycles. The predicted octanol–water partition coefficient (Wildman–Crippen LogP) is 1.66. The number of benzene rings is 1. The Hall–Kier alpha value is -1.52. The number of hydrogen-bond acceptors (Lipinski definition) is 3. The molecule has 0 spiro atoms. The van der Waals surface area contributed by atoms with Crippen LogP contribution in [-0.4, -0.2) is 35.4 Å². The molecule has 1 saturated carbocycles. The largest absolute Gasteiger partial charge is 0.490 e. The standard InChI is InChI=1S/C14H18N2O2/c17-11(8-16-10-4-5-10)9-18-14-3-1-2-13-12(14)6-7-15-13/h1-3,6-7,10-11,15-17H,4-5,8-9H2. The van der Waals surface area contributed by atoms with Gasteiger partial charge < -0.3 is 20.1 Å². The molecule has 0 amide bonds. The van der Waals surface area contributed by atoms with Crippen molar-refractivity contribution in [2.24, 2.45) is 0 Å². The van der Waals surface area contributed by atoms with Gasteiger partial charge in [0, 0.05) is 29.7 Å². The smallest absolute Gasteiger partial charge is 0.128 e. The number of aliphatic hydroxyl groups excluding tert-OH is 1. The second-order valence-corrected chi connectivity index (χ2v) is 4.84. The average molecular weight is 246 g/mol. The van der Waals surface area contributed by atoms with E-state index in [9.17, 15) is 5.11 Å². The molecule has 1 aromatic carbocycles. The summed E-state index contributed by atoms with van der Waals surface area (Å²) < 4.78 is 5.68. The van der Waals surface area contributed by atoms with Crippen LogP contribution in [0, 0.1) is 0 Å². The number of H-pyrrole nitrogens is 1. The highest BCUT2D eigenvalue weighted by molar-refractivity contribution is 5.85. The van der Waals surface area contributed by atoms with Crippen LogP contribution >= 0.6 is 0 Å². The number of rotatable bonds is 6. The fourth-order valence-electron chi connectivity index (χ4n) is 2.02. The van der Waals surface area contributed by atoms with Crippen LogP contribution in [0.3, 0.4) is 0 Å². The summed E-state index contributed by atoms with van der Waals surface area (Å²) in [6.07, 6.45) is 3.90. The maximum atomic E-state index is 9.81. The van der Waals surface area contributed by atoms with Crippen LogP contribution in [0.15, 0.2) is 30.5 Å². The first-order chi connectivity index (χ1) is 8.83. The minimum Gasteiger partial charge on any atom is -0.490 e. The zero-order valence-corrected chi connectivity index (χ0v) is 10.2. The summed E-state index contributed by atoms with van der Waals surface area (Å²) in [7, 11) is 0. The molecule has 18 heavy (non-hydrogen) atoms. The normalized spacial score (nSPS) is 16.9. The van der Waals surface area contributed by atoms with Gasteiger partial charge in [-0.3, -0.25) is 0 Å². The van der Waals surface area contributed by atoms with Gasteiger partial charge in [-0.05, 0) is 31.0 Å². The molecule has 1 unspecified atom stereocenters. The van der Waals surface area contributed by atoms with E-state index in [0.717, 1.165) is 16.7 Å². The van der Waals surface area contributed by atoms with Crippen molar-refractivity contribution in [2.75, 3.05) is 13.2 Å². The Morgan fingerprint density at radius 1 is 1.39 bits per heavy atom. The van der Waals surface area contributed by atoms with Gasteiger partial charge in [-0.2, -0.15) is 0 Å². The maximum absolute atomic E-state index is 9.81. The number of aromatic amines is 1. The van der Waals surface area contributed by atoms with Crippen LogP contribution in [0.1, 0.15) is 12.8 Å². The quantitative estimate of drug-likeness (QED) is 0.726. The number of hydrogen-bond donors (Lipinski definition) is 3. The fraction of sp³-hybridized carbons (Fsp3) is 0.429. The van der Waals surface area contributed by atoms with Crippen molar-refractivity contribution in [2.45, 2.75) is 25.0 Å². The van der Waals surface area contributed by atoms with Gasteiger partial charge in [0.1, 0.15) is 18.5 Å². The third-order valence-corrected chi connectivity index (χ3v) is 3.21. The minimum absolute atomic E-state index is 0.323.